The van der Waals surface area contributed by atoms with Crippen molar-refractivity contribution in [3.63, 3.8) is 0 Å². The predicted molar refractivity (Wildman–Crippen MR) is 123 cm³/mol. The molecule has 3 amide bonds. The standard InChI is InChI=1S/C22H35N5O6/c1-21(2,3)32-16(28)10-8-7-9-13-24-17(29)14-11-12-15(25-14)18(30)26-19(23)27-20(31)33-22(4,5)6/h11-12,25H,7-10,13H2,1-6H3,(H,24,29)(H3,23,26,27,30,31). The van der Waals surface area contributed by atoms with Crippen LogP contribution in [0.2, 0.25) is 0 Å². The van der Waals surface area contributed by atoms with Crippen LogP contribution in [0.5, 0.6) is 0 Å². The molecule has 0 unspecified atom stereocenters. The summed E-state index contributed by atoms with van der Waals surface area (Å²) in [7, 11) is 0. The number of ether oxygens (including phenoxy) is 2. The fourth-order valence-electron chi connectivity index (χ4n) is 2.52. The fraction of sp³-hybridized carbons (Fsp3) is 0.591. The number of rotatable bonds is 8. The third-order valence-electron chi connectivity index (χ3n) is 3.79. The summed E-state index contributed by atoms with van der Waals surface area (Å²) in [6, 6.07) is 2.86. The van der Waals surface area contributed by atoms with E-state index in [2.05, 4.69) is 20.6 Å². The average Bonchev–Trinajstić information content (AvgIpc) is 3.11. The highest BCUT2D eigenvalue weighted by molar-refractivity contribution is 6.07. The molecular weight excluding hydrogens is 430 g/mol. The molecule has 0 saturated carbocycles. The lowest BCUT2D eigenvalue weighted by molar-refractivity contribution is -0.154. The molecule has 0 radical (unpaired) electrons. The van der Waals surface area contributed by atoms with Crippen LogP contribution in [0.4, 0.5) is 4.79 Å². The molecule has 1 aromatic rings. The van der Waals surface area contributed by atoms with Gasteiger partial charge in [-0.3, -0.25) is 19.7 Å². The van der Waals surface area contributed by atoms with E-state index in [1.165, 1.54) is 12.1 Å². The quantitative estimate of drug-likeness (QED) is 0.198. The first-order valence-electron chi connectivity index (χ1n) is 10.7. The van der Waals surface area contributed by atoms with E-state index in [1.807, 2.05) is 20.8 Å². The number of carbonyl (C=O) groups is 4. The Bertz CT molecular complexity index is 877. The van der Waals surface area contributed by atoms with Crippen LogP contribution in [0.25, 0.3) is 0 Å². The van der Waals surface area contributed by atoms with Crippen LogP contribution in [-0.4, -0.2) is 52.6 Å². The van der Waals surface area contributed by atoms with Crippen LogP contribution < -0.4 is 16.4 Å². The Hall–Kier alpha value is -3.37. The molecule has 0 aliphatic heterocycles. The lowest BCUT2D eigenvalue weighted by atomic mass is 10.1. The van der Waals surface area contributed by atoms with Gasteiger partial charge in [-0.1, -0.05) is 6.42 Å². The molecule has 1 heterocycles. The minimum absolute atomic E-state index is 0.0693. The molecule has 11 nitrogen and oxygen atoms in total. The summed E-state index contributed by atoms with van der Waals surface area (Å²) in [5.74, 6) is -1.71. The summed E-state index contributed by atoms with van der Waals surface area (Å²) in [5.41, 5.74) is 4.57. The van der Waals surface area contributed by atoms with Crippen LogP contribution >= 0.6 is 0 Å². The van der Waals surface area contributed by atoms with Gasteiger partial charge in [0, 0.05) is 13.0 Å². The minimum atomic E-state index is -0.932. The van der Waals surface area contributed by atoms with E-state index >= 15 is 0 Å². The molecule has 0 aliphatic rings. The number of carbonyl (C=O) groups excluding carboxylic acids is 4. The first kappa shape index (κ1) is 27.7. The van der Waals surface area contributed by atoms with Crippen LogP contribution in [-0.2, 0) is 14.3 Å². The van der Waals surface area contributed by atoms with Crippen molar-refractivity contribution >= 4 is 29.8 Å². The van der Waals surface area contributed by atoms with Crippen molar-refractivity contribution in [1.82, 2.24) is 15.6 Å². The van der Waals surface area contributed by atoms with E-state index in [0.29, 0.717) is 25.8 Å². The van der Waals surface area contributed by atoms with Crippen molar-refractivity contribution in [3.8, 4) is 0 Å². The van der Waals surface area contributed by atoms with Crippen molar-refractivity contribution < 1.29 is 28.7 Å². The van der Waals surface area contributed by atoms with Crippen LogP contribution in [0, 0.1) is 0 Å². The number of H-pyrrole nitrogens is 1. The number of esters is 1. The number of amides is 3. The summed E-state index contributed by atoms with van der Waals surface area (Å²) in [6.07, 6.45) is 1.52. The van der Waals surface area contributed by atoms with Gasteiger partial charge in [0.05, 0.1) is 0 Å². The second kappa shape index (κ2) is 12.0. The Balaban J connectivity index is 2.40. The molecule has 0 aromatic carbocycles. The number of aromatic amines is 1. The van der Waals surface area contributed by atoms with E-state index in [-0.39, 0.29) is 23.3 Å². The summed E-state index contributed by atoms with van der Waals surface area (Å²) >= 11 is 0. The summed E-state index contributed by atoms with van der Waals surface area (Å²) in [6.45, 7) is 10.9. The minimum Gasteiger partial charge on any atom is -0.460 e. The number of guanidine groups is 1. The topological polar surface area (TPSA) is 165 Å². The lowest BCUT2D eigenvalue weighted by Crippen LogP contribution is -2.38. The second-order valence-electron chi connectivity index (χ2n) is 9.37. The van der Waals surface area contributed by atoms with E-state index < -0.39 is 29.2 Å². The monoisotopic (exact) mass is 465 g/mol. The number of unbranched alkanes of at least 4 members (excludes halogenated alkanes) is 2. The van der Waals surface area contributed by atoms with Crippen LogP contribution in [0.3, 0.4) is 0 Å². The Morgan fingerprint density at radius 3 is 2.06 bits per heavy atom. The third-order valence-corrected chi connectivity index (χ3v) is 3.79. The van der Waals surface area contributed by atoms with Crippen LogP contribution in [0.15, 0.2) is 17.1 Å². The van der Waals surface area contributed by atoms with Crippen molar-refractivity contribution in [1.29, 1.82) is 0 Å². The zero-order valence-electron chi connectivity index (χ0n) is 20.2. The lowest BCUT2D eigenvalue weighted by Gasteiger charge is -2.19. The predicted octanol–water partition coefficient (Wildman–Crippen LogP) is 2.63. The summed E-state index contributed by atoms with van der Waals surface area (Å²) in [5, 5.41) is 4.98. The van der Waals surface area contributed by atoms with Gasteiger partial charge in [0.25, 0.3) is 11.8 Å². The highest BCUT2D eigenvalue weighted by Gasteiger charge is 2.18. The van der Waals surface area contributed by atoms with Gasteiger partial charge in [0.2, 0.25) is 5.96 Å². The number of aliphatic imine (C=N–C) groups is 1. The Labute approximate surface area is 193 Å². The first-order valence-corrected chi connectivity index (χ1v) is 10.7. The zero-order valence-corrected chi connectivity index (χ0v) is 20.2. The van der Waals surface area contributed by atoms with Gasteiger partial charge < -0.3 is 25.5 Å². The Morgan fingerprint density at radius 1 is 0.909 bits per heavy atom. The van der Waals surface area contributed by atoms with Gasteiger partial charge in [-0.25, -0.2) is 4.79 Å². The highest BCUT2D eigenvalue weighted by atomic mass is 16.6. The third kappa shape index (κ3) is 12.3. The van der Waals surface area contributed by atoms with Crippen molar-refractivity contribution in [2.75, 3.05) is 6.54 Å². The van der Waals surface area contributed by atoms with Gasteiger partial charge in [-0.05, 0) is 66.5 Å². The van der Waals surface area contributed by atoms with Crippen molar-refractivity contribution in [3.05, 3.63) is 23.5 Å². The normalized spacial score (nSPS) is 12.1. The Kier molecular flexibility index (Phi) is 10.1. The number of aromatic nitrogens is 1. The maximum Gasteiger partial charge on any atom is 0.437 e. The number of nitrogens with one attached hydrogen (secondary N) is 3. The molecule has 0 saturated heterocycles. The van der Waals surface area contributed by atoms with Crippen LogP contribution in [0.1, 0.15) is 88.2 Å². The molecule has 11 heteroatoms. The van der Waals surface area contributed by atoms with Gasteiger partial charge in [0.15, 0.2) is 0 Å². The average molecular weight is 466 g/mol. The summed E-state index contributed by atoms with van der Waals surface area (Å²) < 4.78 is 10.2. The van der Waals surface area contributed by atoms with E-state index in [4.69, 9.17) is 15.2 Å². The molecule has 1 rings (SSSR count). The molecule has 0 aliphatic carbocycles. The summed E-state index contributed by atoms with van der Waals surface area (Å²) in [4.78, 5) is 53.8. The van der Waals surface area contributed by atoms with Gasteiger partial charge >= 0.3 is 12.1 Å². The van der Waals surface area contributed by atoms with E-state index in [9.17, 15) is 19.2 Å². The van der Waals surface area contributed by atoms with E-state index in [0.717, 1.165) is 6.42 Å². The zero-order chi connectivity index (χ0) is 25.2. The maximum absolute atomic E-state index is 12.2. The number of nitrogens with zero attached hydrogens (tertiary/aromatic N) is 1. The molecule has 184 valence electrons. The second-order valence-corrected chi connectivity index (χ2v) is 9.37. The molecular formula is C22H35N5O6. The number of hydrogen-bond acceptors (Lipinski definition) is 6. The van der Waals surface area contributed by atoms with E-state index in [1.54, 1.807) is 20.8 Å². The van der Waals surface area contributed by atoms with Gasteiger partial charge in [-0.15, -0.1) is 4.99 Å². The Morgan fingerprint density at radius 2 is 1.48 bits per heavy atom. The highest BCUT2D eigenvalue weighted by Crippen LogP contribution is 2.11. The number of nitrogens with two attached hydrogens (primary N) is 1. The molecule has 33 heavy (non-hydrogen) atoms. The smallest absolute Gasteiger partial charge is 0.437 e. The first-order chi connectivity index (χ1) is 15.2. The molecule has 0 spiro atoms. The van der Waals surface area contributed by atoms with Crippen molar-refractivity contribution in [2.24, 2.45) is 10.7 Å². The molecule has 0 bridgehead atoms. The molecule has 1 aromatic heterocycles. The van der Waals surface area contributed by atoms with Gasteiger partial charge in [-0.2, -0.15) is 0 Å². The maximum atomic E-state index is 12.2. The SMILES string of the molecule is CC(C)(C)OC(=O)CCCCCNC(=O)c1ccc(C(=O)N/C(N)=N/C(=O)OC(C)(C)C)[nH]1. The number of hydrogen-bond donors (Lipinski definition) is 4. The van der Waals surface area contributed by atoms with Crippen molar-refractivity contribution in [2.45, 2.75) is 78.4 Å². The van der Waals surface area contributed by atoms with Gasteiger partial charge in [0.1, 0.15) is 22.6 Å². The largest absolute Gasteiger partial charge is 0.460 e. The molecule has 0 fully saturated rings. The fourth-order valence-corrected chi connectivity index (χ4v) is 2.52. The molecule has 5 N–H and O–H groups in total. The molecule has 0 atom stereocenters.